The van der Waals surface area contributed by atoms with Gasteiger partial charge in [-0.25, -0.2) is 4.57 Å². The minimum atomic E-state index is -4.40. The molecule has 2 unspecified atom stereocenters. The number of carbonyl (C=O) groups is 2. The minimum Gasteiger partial charge on any atom is -0.462 e. The summed E-state index contributed by atoms with van der Waals surface area (Å²) < 4.78 is 33.3. The van der Waals surface area contributed by atoms with Crippen molar-refractivity contribution >= 4 is 19.8 Å². The normalized spacial score (nSPS) is 13.6. The SMILES string of the molecule is CC/C=C\C/C=C\C/C=C\C/C=C\C/C=C\C/C=C\C/C=C\CCCCCCCCCCCCCCCCCCCCCC(=O)OC(COC(=O)CCCCCCCCCCCCCCCCCCCCCCCCC/C=C\C/C=C\C/C=C\C/C=C\C/C=C\CC)COP(=O)(O)OCCN. The van der Waals surface area contributed by atoms with E-state index < -0.39 is 26.5 Å². The van der Waals surface area contributed by atoms with Gasteiger partial charge in [-0.2, -0.15) is 0 Å². The number of hydrogen-bond acceptors (Lipinski definition) is 8. The van der Waals surface area contributed by atoms with E-state index in [0.717, 1.165) is 116 Å². The first-order chi connectivity index (χ1) is 49.8. The first-order valence-corrected chi connectivity index (χ1v) is 43.8. The van der Waals surface area contributed by atoms with Crippen molar-refractivity contribution in [1.29, 1.82) is 0 Å². The lowest BCUT2D eigenvalue weighted by Gasteiger charge is -2.19. The second-order valence-electron chi connectivity index (χ2n) is 27.9. The van der Waals surface area contributed by atoms with Gasteiger partial charge < -0.3 is 20.1 Å². The number of ether oxygens (including phenoxy) is 2. The fourth-order valence-corrected chi connectivity index (χ4v) is 12.8. The molecule has 101 heavy (non-hydrogen) atoms. The van der Waals surface area contributed by atoms with Crippen molar-refractivity contribution in [3.63, 3.8) is 0 Å². The van der Waals surface area contributed by atoms with Crippen LogP contribution in [0.4, 0.5) is 0 Å². The molecule has 10 heteroatoms. The van der Waals surface area contributed by atoms with Crippen molar-refractivity contribution < 1.29 is 37.6 Å². The summed E-state index contributed by atoms with van der Waals surface area (Å²) in [5.74, 6) is -0.812. The molecule has 0 bridgehead atoms. The summed E-state index contributed by atoms with van der Waals surface area (Å²) >= 11 is 0. The van der Waals surface area contributed by atoms with Crippen LogP contribution in [0, 0.1) is 0 Å². The zero-order chi connectivity index (χ0) is 72.9. The molecule has 0 aromatic carbocycles. The van der Waals surface area contributed by atoms with E-state index in [0.29, 0.717) is 6.42 Å². The Balaban J connectivity index is 3.78. The highest BCUT2D eigenvalue weighted by molar-refractivity contribution is 7.47. The van der Waals surface area contributed by atoms with E-state index >= 15 is 0 Å². The summed E-state index contributed by atoms with van der Waals surface area (Å²) in [5.41, 5.74) is 5.42. The summed E-state index contributed by atoms with van der Waals surface area (Å²) in [6.45, 7) is 3.56. The quantitative estimate of drug-likeness (QED) is 0.0264. The Morgan fingerprint density at radius 2 is 0.515 bits per heavy atom. The molecule has 0 spiro atoms. The van der Waals surface area contributed by atoms with Crippen LogP contribution in [0.1, 0.15) is 386 Å². The fraction of sp³-hybridized carbons (Fsp3) is 0.714. The molecule has 0 aromatic heterocycles. The highest BCUT2D eigenvalue weighted by atomic mass is 31.2. The number of rotatable bonds is 79. The van der Waals surface area contributed by atoms with E-state index in [9.17, 15) is 19.0 Å². The molecule has 0 saturated carbocycles. The molecule has 0 fully saturated rings. The van der Waals surface area contributed by atoms with Crippen molar-refractivity contribution in [3.8, 4) is 0 Å². The molecule has 0 radical (unpaired) electrons. The van der Waals surface area contributed by atoms with Gasteiger partial charge in [0.15, 0.2) is 6.10 Å². The second-order valence-corrected chi connectivity index (χ2v) is 29.4. The van der Waals surface area contributed by atoms with Crippen LogP contribution in [0.2, 0.25) is 0 Å². The smallest absolute Gasteiger partial charge is 0.462 e. The van der Waals surface area contributed by atoms with Gasteiger partial charge in [-0.15, -0.1) is 0 Å². The molecule has 0 amide bonds. The van der Waals surface area contributed by atoms with Crippen LogP contribution in [-0.2, 0) is 32.7 Å². The number of phosphoric ester groups is 1. The number of nitrogens with two attached hydrogens (primary N) is 1. The van der Waals surface area contributed by atoms with Gasteiger partial charge in [0.05, 0.1) is 13.2 Å². The van der Waals surface area contributed by atoms with Gasteiger partial charge in [0, 0.05) is 19.4 Å². The van der Waals surface area contributed by atoms with Crippen LogP contribution in [0.25, 0.3) is 0 Å². The maximum Gasteiger partial charge on any atom is 0.472 e. The number of hydrogen-bond donors (Lipinski definition) is 2. The molecular weight excluding hydrogens is 1270 g/mol. The molecule has 0 aliphatic carbocycles. The third kappa shape index (κ3) is 84.7. The molecule has 0 aliphatic rings. The summed E-state index contributed by atoms with van der Waals surface area (Å²) in [5, 5.41) is 0. The predicted octanol–water partition coefficient (Wildman–Crippen LogP) is 28.9. The number of esters is 2. The summed E-state index contributed by atoms with van der Waals surface area (Å²) in [6, 6.07) is 0. The lowest BCUT2D eigenvalue weighted by Crippen LogP contribution is -2.29. The van der Waals surface area contributed by atoms with Gasteiger partial charge in [-0.1, -0.05) is 404 Å². The topological polar surface area (TPSA) is 134 Å². The third-order valence-corrected chi connectivity index (χ3v) is 19.2. The first-order valence-electron chi connectivity index (χ1n) is 42.3. The molecular formula is C91H158NO8P. The standard InChI is InChI=1S/C91H158NO8P/c1-3-5-7-9-11-13-15-17-19-21-23-25-27-29-31-33-35-37-39-41-43-44-46-48-50-52-54-56-58-60-62-64-66-68-70-72-74-76-78-80-82-84-91(94)100-89(88-99-101(95,96)98-86-85-92)87-97-90(93)83-81-79-77-75-73-71-69-67-65-63-61-59-57-55-53-51-49-47-45-42-40-38-36-34-32-30-28-26-24-22-20-18-16-14-12-10-8-6-4-2/h5-8,11-14,17-20,23-26,29-32,35,37,41,43,89H,3-4,9-10,15-16,21-22,27-28,33-34,36,38-40,42,44-88,92H2,1-2H3,(H,95,96)/b7-5-,8-6-,13-11-,14-12-,19-17-,20-18-,25-23-,26-24-,31-29-,32-30-,37-35-,43-41-. The van der Waals surface area contributed by atoms with E-state index in [1.807, 2.05) is 0 Å². The molecule has 9 nitrogen and oxygen atoms in total. The Bertz CT molecular complexity index is 2180. The van der Waals surface area contributed by atoms with Gasteiger partial charge in [0.2, 0.25) is 0 Å². The van der Waals surface area contributed by atoms with Crippen LogP contribution >= 0.6 is 7.82 Å². The van der Waals surface area contributed by atoms with E-state index in [-0.39, 0.29) is 38.6 Å². The van der Waals surface area contributed by atoms with Gasteiger partial charge in [0.1, 0.15) is 6.61 Å². The van der Waals surface area contributed by atoms with Crippen LogP contribution < -0.4 is 5.73 Å². The Morgan fingerprint density at radius 3 is 0.762 bits per heavy atom. The zero-order valence-corrected chi connectivity index (χ0v) is 66.5. The zero-order valence-electron chi connectivity index (χ0n) is 65.6. The largest absolute Gasteiger partial charge is 0.472 e. The molecule has 0 saturated heterocycles. The monoisotopic (exact) mass is 1420 g/mol. The fourth-order valence-electron chi connectivity index (χ4n) is 12.1. The highest BCUT2D eigenvalue weighted by Crippen LogP contribution is 2.43. The van der Waals surface area contributed by atoms with Crippen molar-refractivity contribution in [2.45, 2.75) is 392 Å². The lowest BCUT2D eigenvalue weighted by molar-refractivity contribution is -0.161. The van der Waals surface area contributed by atoms with Crippen molar-refractivity contribution in [1.82, 2.24) is 0 Å². The third-order valence-electron chi connectivity index (χ3n) is 18.2. The van der Waals surface area contributed by atoms with Crippen molar-refractivity contribution in [3.05, 3.63) is 146 Å². The average molecular weight is 1430 g/mol. The number of allylic oxidation sites excluding steroid dienone is 24. The predicted molar refractivity (Wildman–Crippen MR) is 440 cm³/mol. The van der Waals surface area contributed by atoms with Crippen LogP contribution in [-0.4, -0.2) is 49.3 Å². The highest BCUT2D eigenvalue weighted by Gasteiger charge is 2.26. The minimum absolute atomic E-state index is 0.0517. The molecule has 0 heterocycles. The Kier molecular flexibility index (Phi) is 81.4. The summed E-state index contributed by atoms with van der Waals surface area (Å²) in [6.07, 6.45) is 123. The Hall–Kier alpha value is -4.11. The van der Waals surface area contributed by atoms with Gasteiger partial charge in [-0.3, -0.25) is 18.6 Å². The Morgan fingerprint density at radius 1 is 0.297 bits per heavy atom. The molecule has 0 rings (SSSR count). The maximum atomic E-state index is 12.8. The van der Waals surface area contributed by atoms with E-state index in [1.54, 1.807) is 0 Å². The lowest BCUT2D eigenvalue weighted by atomic mass is 10.0. The molecule has 3 N–H and O–H groups in total. The van der Waals surface area contributed by atoms with E-state index in [1.165, 1.54) is 238 Å². The van der Waals surface area contributed by atoms with Gasteiger partial charge in [-0.05, 0) is 116 Å². The average Bonchev–Trinajstić information content (AvgIpc) is 1.04. The number of phosphoric acid groups is 1. The van der Waals surface area contributed by atoms with Crippen molar-refractivity contribution in [2.75, 3.05) is 26.4 Å². The van der Waals surface area contributed by atoms with Gasteiger partial charge >= 0.3 is 19.8 Å². The second kappa shape index (κ2) is 84.8. The molecule has 0 aliphatic heterocycles. The number of carbonyl (C=O) groups excluding carboxylic acids is 2. The van der Waals surface area contributed by atoms with Crippen LogP contribution in [0.15, 0.2) is 146 Å². The first kappa shape index (κ1) is 96.9. The Labute approximate surface area is 624 Å². The summed E-state index contributed by atoms with van der Waals surface area (Å²) in [7, 11) is -4.40. The molecule has 2 atom stereocenters. The van der Waals surface area contributed by atoms with E-state index in [2.05, 4.69) is 160 Å². The van der Waals surface area contributed by atoms with Crippen molar-refractivity contribution in [2.24, 2.45) is 5.73 Å². The van der Waals surface area contributed by atoms with E-state index in [4.69, 9.17) is 24.3 Å². The maximum absolute atomic E-state index is 12.8. The van der Waals surface area contributed by atoms with Gasteiger partial charge in [0.25, 0.3) is 0 Å². The van der Waals surface area contributed by atoms with Crippen LogP contribution in [0.5, 0.6) is 0 Å². The van der Waals surface area contributed by atoms with Crippen LogP contribution in [0.3, 0.4) is 0 Å². The summed E-state index contributed by atoms with van der Waals surface area (Å²) in [4.78, 5) is 35.5. The molecule has 0 aromatic rings. The molecule has 580 valence electrons. The number of unbranched alkanes of at least 4 members (excludes halogenated alkanes) is 42.